The SMILES string of the molecule is O=C(NCc1ccc(OC(F)(F)F)cc1)[C@H](c1ccccc1)n1cccc1. The van der Waals surface area contributed by atoms with Crippen molar-refractivity contribution in [2.24, 2.45) is 0 Å². The van der Waals surface area contributed by atoms with Gasteiger partial charge < -0.3 is 14.6 Å². The van der Waals surface area contributed by atoms with Gasteiger partial charge in [0.25, 0.3) is 0 Å². The molecule has 0 aliphatic rings. The summed E-state index contributed by atoms with van der Waals surface area (Å²) in [6.45, 7) is 0.190. The third kappa shape index (κ3) is 5.13. The predicted molar refractivity (Wildman–Crippen MR) is 94.0 cm³/mol. The molecule has 0 saturated carbocycles. The van der Waals surface area contributed by atoms with E-state index in [1.165, 1.54) is 24.3 Å². The molecule has 1 atom stereocenters. The number of aromatic nitrogens is 1. The molecule has 0 aliphatic heterocycles. The Balaban J connectivity index is 1.68. The number of carbonyl (C=O) groups is 1. The molecular weight excluding hydrogens is 357 g/mol. The number of hydrogen-bond donors (Lipinski definition) is 1. The maximum atomic E-state index is 12.8. The van der Waals surface area contributed by atoms with Crippen LogP contribution in [0.25, 0.3) is 0 Å². The molecule has 0 fully saturated rings. The van der Waals surface area contributed by atoms with Crippen LogP contribution in [0.2, 0.25) is 0 Å². The normalized spacial score (nSPS) is 12.4. The monoisotopic (exact) mass is 374 g/mol. The third-order valence-electron chi connectivity index (χ3n) is 3.91. The fourth-order valence-electron chi connectivity index (χ4n) is 2.71. The van der Waals surface area contributed by atoms with Crippen molar-refractivity contribution in [2.45, 2.75) is 18.9 Å². The average molecular weight is 374 g/mol. The van der Waals surface area contributed by atoms with E-state index in [4.69, 9.17) is 0 Å². The van der Waals surface area contributed by atoms with Crippen LogP contribution >= 0.6 is 0 Å². The van der Waals surface area contributed by atoms with E-state index < -0.39 is 12.4 Å². The number of halogens is 3. The second-order valence-corrected chi connectivity index (χ2v) is 5.85. The smallest absolute Gasteiger partial charge is 0.406 e. The first-order chi connectivity index (χ1) is 12.9. The van der Waals surface area contributed by atoms with E-state index >= 15 is 0 Å². The van der Waals surface area contributed by atoms with Crippen LogP contribution < -0.4 is 10.1 Å². The predicted octanol–water partition coefficient (Wildman–Crippen LogP) is 4.29. The number of ether oxygens (including phenoxy) is 1. The summed E-state index contributed by atoms with van der Waals surface area (Å²) >= 11 is 0. The Hall–Kier alpha value is -3.22. The minimum atomic E-state index is -4.73. The van der Waals surface area contributed by atoms with Gasteiger partial charge in [0, 0.05) is 18.9 Å². The molecule has 1 amide bonds. The molecule has 0 saturated heterocycles. The molecule has 0 radical (unpaired) electrons. The Morgan fingerprint density at radius 3 is 2.19 bits per heavy atom. The fraction of sp³-hybridized carbons (Fsp3) is 0.150. The van der Waals surface area contributed by atoms with Gasteiger partial charge in [0.05, 0.1) is 0 Å². The lowest BCUT2D eigenvalue weighted by atomic mass is 10.1. The summed E-state index contributed by atoms with van der Waals surface area (Å²) in [6, 6.07) is 17.9. The number of nitrogens with zero attached hydrogens (tertiary/aromatic N) is 1. The number of amides is 1. The number of alkyl halides is 3. The molecule has 3 rings (SSSR count). The Morgan fingerprint density at radius 1 is 0.963 bits per heavy atom. The summed E-state index contributed by atoms with van der Waals surface area (Å²) in [5.41, 5.74) is 1.50. The number of carbonyl (C=O) groups excluding carboxylic acids is 1. The van der Waals surface area contributed by atoms with Crippen molar-refractivity contribution in [3.05, 3.63) is 90.3 Å². The molecule has 140 valence electrons. The number of benzene rings is 2. The lowest BCUT2D eigenvalue weighted by Crippen LogP contribution is -2.32. The van der Waals surface area contributed by atoms with Gasteiger partial charge in [-0.1, -0.05) is 42.5 Å². The van der Waals surface area contributed by atoms with Gasteiger partial charge in [0.15, 0.2) is 0 Å². The molecule has 0 bridgehead atoms. The maximum absolute atomic E-state index is 12.8. The molecule has 4 nitrogen and oxygen atoms in total. The second-order valence-electron chi connectivity index (χ2n) is 5.85. The van der Waals surface area contributed by atoms with E-state index in [9.17, 15) is 18.0 Å². The van der Waals surface area contributed by atoms with Crippen molar-refractivity contribution < 1.29 is 22.7 Å². The number of hydrogen-bond acceptors (Lipinski definition) is 2. The molecule has 1 N–H and O–H groups in total. The first-order valence-corrected chi connectivity index (χ1v) is 8.22. The van der Waals surface area contributed by atoms with Crippen molar-refractivity contribution >= 4 is 5.91 Å². The second kappa shape index (κ2) is 7.99. The van der Waals surface area contributed by atoms with E-state index in [0.29, 0.717) is 5.56 Å². The van der Waals surface area contributed by atoms with Crippen molar-refractivity contribution in [2.75, 3.05) is 0 Å². The lowest BCUT2D eigenvalue weighted by molar-refractivity contribution is -0.274. The molecule has 27 heavy (non-hydrogen) atoms. The topological polar surface area (TPSA) is 43.3 Å². The zero-order valence-corrected chi connectivity index (χ0v) is 14.2. The Labute approximate surface area is 154 Å². The summed E-state index contributed by atoms with van der Waals surface area (Å²) in [7, 11) is 0. The van der Waals surface area contributed by atoms with Gasteiger partial charge in [-0.25, -0.2) is 0 Å². The third-order valence-corrected chi connectivity index (χ3v) is 3.91. The average Bonchev–Trinajstić information content (AvgIpc) is 3.15. The maximum Gasteiger partial charge on any atom is 0.573 e. The summed E-state index contributed by atoms with van der Waals surface area (Å²) < 4.78 is 42.2. The van der Waals surface area contributed by atoms with Crippen LogP contribution in [0.3, 0.4) is 0 Å². The zero-order chi connectivity index (χ0) is 19.3. The molecule has 2 aromatic carbocycles. The molecule has 0 aliphatic carbocycles. The Bertz CT molecular complexity index is 861. The molecule has 0 spiro atoms. The van der Waals surface area contributed by atoms with Gasteiger partial charge in [-0.2, -0.15) is 0 Å². The zero-order valence-electron chi connectivity index (χ0n) is 14.2. The lowest BCUT2D eigenvalue weighted by Gasteiger charge is -2.19. The van der Waals surface area contributed by atoms with Crippen LogP contribution in [-0.4, -0.2) is 16.8 Å². The standard InChI is InChI=1S/C20H17F3N2O2/c21-20(22,23)27-17-10-8-15(9-11-17)14-24-19(26)18(25-12-4-5-13-25)16-6-2-1-3-7-16/h1-13,18H,14H2,(H,24,26)/t18-/m0/s1. The van der Waals surface area contributed by atoms with Crippen LogP contribution in [0.5, 0.6) is 5.75 Å². The van der Waals surface area contributed by atoms with Gasteiger partial charge in [0.2, 0.25) is 5.91 Å². The van der Waals surface area contributed by atoms with Crippen molar-refractivity contribution in [1.29, 1.82) is 0 Å². The molecular formula is C20H17F3N2O2. The van der Waals surface area contributed by atoms with Gasteiger partial charge in [-0.15, -0.1) is 13.2 Å². The molecule has 1 heterocycles. The fourth-order valence-corrected chi connectivity index (χ4v) is 2.71. The highest BCUT2D eigenvalue weighted by Crippen LogP contribution is 2.23. The molecule has 1 aromatic heterocycles. The van der Waals surface area contributed by atoms with Crippen molar-refractivity contribution in [3.8, 4) is 5.75 Å². The van der Waals surface area contributed by atoms with Crippen LogP contribution in [0, 0.1) is 0 Å². The molecule has 7 heteroatoms. The Kier molecular flexibility index (Phi) is 5.49. The van der Waals surface area contributed by atoms with E-state index in [1.807, 2.05) is 42.5 Å². The highest BCUT2D eigenvalue weighted by Gasteiger charge is 2.31. The van der Waals surface area contributed by atoms with Gasteiger partial charge in [0.1, 0.15) is 11.8 Å². The van der Waals surface area contributed by atoms with E-state index in [0.717, 1.165) is 5.56 Å². The molecule has 0 unspecified atom stereocenters. The number of nitrogens with one attached hydrogen (secondary N) is 1. The first kappa shape index (κ1) is 18.6. The van der Waals surface area contributed by atoms with Crippen molar-refractivity contribution in [3.63, 3.8) is 0 Å². The van der Waals surface area contributed by atoms with E-state index in [2.05, 4.69) is 10.1 Å². The van der Waals surface area contributed by atoms with E-state index in [-0.39, 0.29) is 18.2 Å². The van der Waals surface area contributed by atoms with E-state index in [1.54, 1.807) is 17.0 Å². The van der Waals surface area contributed by atoms with Gasteiger partial charge in [-0.05, 0) is 35.4 Å². The van der Waals surface area contributed by atoms with Crippen LogP contribution in [0.1, 0.15) is 17.2 Å². The summed E-state index contributed by atoms with van der Waals surface area (Å²) in [5.74, 6) is -0.514. The Morgan fingerprint density at radius 2 is 1.59 bits per heavy atom. The largest absolute Gasteiger partial charge is 0.573 e. The highest BCUT2D eigenvalue weighted by molar-refractivity contribution is 5.83. The minimum Gasteiger partial charge on any atom is -0.406 e. The van der Waals surface area contributed by atoms with Crippen molar-refractivity contribution in [1.82, 2.24) is 9.88 Å². The van der Waals surface area contributed by atoms with Crippen LogP contribution in [0.15, 0.2) is 79.1 Å². The number of rotatable bonds is 6. The quantitative estimate of drug-likeness (QED) is 0.699. The van der Waals surface area contributed by atoms with Crippen LogP contribution in [0.4, 0.5) is 13.2 Å². The summed E-state index contributed by atoms with van der Waals surface area (Å²) in [6.07, 6.45) is -1.11. The van der Waals surface area contributed by atoms with Crippen LogP contribution in [-0.2, 0) is 11.3 Å². The first-order valence-electron chi connectivity index (χ1n) is 8.22. The summed E-state index contributed by atoms with van der Waals surface area (Å²) in [5, 5.41) is 2.83. The summed E-state index contributed by atoms with van der Waals surface area (Å²) in [4.78, 5) is 12.8. The highest BCUT2D eigenvalue weighted by atomic mass is 19.4. The van der Waals surface area contributed by atoms with Gasteiger partial charge >= 0.3 is 6.36 Å². The minimum absolute atomic E-state index is 0.190. The molecule has 3 aromatic rings. The van der Waals surface area contributed by atoms with Gasteiger partial charge in [-0.3, -0.25) is 4.79 Å².